The van der Waals surface area contributed by atoms with E-state index in [-0.39, 0.29) is 24.0 Å². The predicted octanol–water partition coefficient (Wildman–Crippen LogP) is 3.30. The molecule has 2 rings (SSSR count). The summed E-state index contributed by atoms with van der Waals surface area (Å²) < 4.78 is 23.4. The number of hydrogen-bond acceptors (Lipinski definition) is 5. The number of rotatable bonds is 9. The van der Waals surface area contributed by atoms with Crippen molar-refractivity contribution in [2.24, 2.45) is 0 Å². The highest BCUT2D eigenvalue weighted by molar-refractivity contribution is 5.68. The van der Waals surface area contributed by atoms with Crippen LogP contribution in [0.15, 0.2) is 24.3 Å². The molecule has 6 heteroatoms. The van der Waals surface area contributed by atoms with Gasteiger partial charge in [0, 0.05) is 19.6 Å². The van der Waals surface area contributed by atoms with E-state index < -0.39 is 0 Å². The van der Waals surface area contributed by atoms with Crippen molar-refractivity contribution in [3.63, 3.8) is 0 Å². The number of esters is 1. The summed E-state index contributed by atoms with van der Waals surface area (Å²) in [6, 6.07) is 6.24. The second-order valence-corrected chi connectivity index (χ2v) is 5.96. The van der Waals surface area contributed by atoms with Gasteiger partial charge in [0.2, 0.25) is 0 Å². The molecule has 1 aromatic carbocycles. The number of carbonyl (C=O) groups excluding carboxylic acids is 1. The molecular formula is C18H26FNO4. The number of hydrogen-bond donors (Lipinski definition) is 1. The molecule has 0 spiro atoms. The van der Waals surface area contributed by atoms with E-state index in [1.165, 1.54) is 25.7 Å². The number of carbonyl (C=O) groups is 1. The zero-order valence-electron chi connectivity index (χ0n) is 14.1. The molecular weight excluding hydrogens is 313 g/mol. The Morgan fingerprint density at radius 3 is 2.83 bits per heavy atom. The third kappa shape index (κ3) is 6.55. The lowest BCUT2D eigenvalue weighted by atomic mass is 10.0. The largest absolute Gasteiger partial charge is 0.469 e. The summed E-state index contributed by atoms with van der Waals surface area (Å²) >= 11 is 0. The number of benzene rings is 1. The lowest BCUT2D eigenvalue weighted by molar-refractivity contribution is -0.141. The van der Waals surface area contributed by atoms with Gasteiger partial charge in [-0.3, -0.25) is 9.63 Å². The van der Waals surface area contributed by atoms with Crippen LogP contribution in [0.1, 0.15) is 50.2 Å². The highest BCUT2D eigenvalue weighted by Crippen LogP contribution is 2.23. The molecule has 1 unspecified atom stereocenters. The van der Waals surface area contributed by atoms with Crippen molar-refractivity contribution in [1.29, 1.82) is 0 Å². The van der Waals surface area contributed by atoms with E-state index in [4.69, 9.17) is 9.57 Å². The molecule has 2 atom stereocenters. The molecule has 0 amide bonds. The van der Waals surface area contributed by atoms with Crippen LogP contribution in [-0.2, 0) is 19.1 Å². The summed E-state index contributed by atoms with van der Waals surface area (Å²) in [7, 11) is 1.38. The van der Waals surface area contributed by atoms with Crippen molar-refractivity contribution in [2.45, 2.75) is 50.7 Å². The monoisotopic (exact) mass is 339 g/mol. The van der Waals surface area contributed by atoms with Crippen LogP contribution < -0.4 is 5.48 Å². The normalized spacial score (nSPS) is 19.0. The van der Waals surface area contributed by atoms with Crippen LogP contribution in [0.2, 0.25) is 0 Å². The van der Waals surface area contributed by atoms with Crippen LogP contribution >= 0.6 is 0 Å². The van der Waals surface area contributed by atoms with Crippen molar-refractivity contribution in [3.8, 4) is 0 Å². The maximum Gasteiger partial charge on any atom is 0.305 e. The minimum atomic E-state index is -0.282. The third-order valence-electron chi connectivity index (χ3n) is 4.13. The molecule has 24 heavy (non-hydrogen) atoms. The fraction of sp³-hybridized carbons (Fsp3) is 0.611. The Hall–Kier alpha value is -1.50. The number of methoxy groups -OCH3 is 1. The summed E-state index contributed by atoms with van der Waals surface area (Å²) in [5.41, 5.74) is 3.86. The molecule has 5 nitrogen and oxygen atoms in total. The molecule has 0 saturated carbocycles. The average Bonchev–Trinajstić information content (AvgIpc) is 2.62. The van der Waals surface area contributed by atoms with Crippen LogP contribution in [0.4, 0.5) is 4.39 Å². The van der Waals surface area contributed by atoms with Crippen LogP contribution in [0.5, 0.6) is 0 Å². The zero-order valence-corrected chi connectivity index (χ0v) is 14.1. The Labute approximate surface area is 142 Å². The first-order valence-corrected chi connectivity index (χ1v) is 8.51. The van der Waals surface area contributed by atoms with Gasteiger partial charge >= 0.3 is 5.97 Å². The molecule has 1 heterocycles. The topological polar surface area (TPSA) is 56.8 Å². The van der Waals surface area contributed by atoms with Crippen molar-refractivity contribution >= 4 is 5.97 Å². The van der Waals surface area contributed by atoms with Crippen LogP contribution in [0.3, 0.4) is 0 Å². The van der Waals surface area contributed by atoms with Crippen molar-refractivity contribution < 1.29 is 23.5 Å². The van der Waals surface area contributed by atoms with Crippen molar-refractivity contribution in [2.75, 3.05) is 20.3 Å². The Bertz CT molecular complexity index is 488. The summed E-state index contributed by atoms with van der Waals surface area (Å²) in [4.78, 5) is 17.0. The lowest BCUT2D eigenvalue weighted by Crippen LogP contribution is -2.32. The van der Waals surface area contributed by atoms with Gasteiger partial charge in [-0.15, -0.1) is 0 Å². The highest BCUT2D eigenvalue weighted by atomic mass is 19.1. The van der Waals surface area contributed by atoms with E-state index in [9.17, 15) is 9.18 Å². The molecule has 1 aromatic rings. The van der Waals surface area contributed by atoms with Gasteiger partial charge in [-0.2, -0.15) is 5.48 Å². The van der Waals surface area contributed by atoms with Crippen molar-refractivity contribution in [1.82, 2.24) is 5.48 Å². The van der Waals surface area contributed by atoms with Crippen LogP contribution in [0.25, 0.3) is 0 Å². The minimum Gasteiger partial charge on any atom is -0.469 e. The van der Waals surface area contributed by atoms with E-state index >= 15 is 0 Å². The first-order chi connectivity index (χ1) is 11.7. The molecule has 0 bridgehead atoms. The van der Waals surface area contributed by atoms with E-state index in [0.29, 0.717) is 25.8 Å². The van der Waals surface area contributed by atoms with Gasteiger partial charge < -0.3 is 9.47 Å². The molecule has 0 radical (unpaired) electrons. The molecule has 134 valence electrons. The van der Waals surface area contributed by atoms with E-state index in [1.54, 1.807) is 12.1 Å². The fourth-order valence-corrected chi connectivity index (χ4v) is 2.71. The molecule has 1 saturated heterocycles. The maximum atomic E-state index is 13.1. The summed E-state index contributed by atoms with van der Waals surface area (Å²) in [5.74, 6) is -0.521. The first-order valence-electron chi connectivity index (χ1n) is 8.51. The standard InChI is InChI=1S/C18H26FNO4/c1-22-18(21)7-4-6-17(14-8-10-15(19)11-9-14)24-20-13-16-5-2-3-12-23-16/h8-11,16-17,20H,2-7,12-13H2,1H3/t16?,17-/m0/s1. The van der Waals surface area contributed by atoms with E-state index in [2.05, 4.69) is 10.2 Å². The quantitative estimate of drug-likeness (QED) is 0.553. The van der Waals surface area contributed by atoms with E-state index in [1.807, 2.05) is 0 Å². The fourth-order valence-electron chi connectivity index (χ4n) is 2.71. The molecule has 1 N–H and O–H groups in total. The third-order valence-corrected chi connectivity index (χ3v) is 4.13. The number of hydroxylamine groups is 1. The summed E-state index contributed by atoms with van der Waals surface area (Å²) in [6.45, 7) is 1.42. The molecule has 1 fully saturated rings. The van der Waals surface area contributed by atoms with Gasteiger partial charge in [0.25, 0.3) is 0 Å². The second kappa shape index (κ2) is 10.4. The molecule has 0 aromatic heterocycles. The lowest BCUT2D eigenvalue weighted by Gasteiger charge is -2.24. The highest BCUT2D eigenvalue weighted by Gasteiger charge is 2.17. The molecule has 0 aliphatic carbocycles. The smallest absolute Gasteiger partial charge is 0.305 e. The first kappa shape index (κ1) is 18.8. The van der Waals surface area contributed by atoms with Gasteiger partial charge in [-0.1, -0.05) is 12.1 Å². The molecule has 1 aliphatic heterocycles. The zero-order chi connectivity index (χ0) is 17.2. The predicted molar refractivity (Wildman–Crippen MR) is 87.7 cm³/mol. The van der Waals surface area contributed by atoms with Gasteiger partial charge in [0.05, 0.1) is 13.2 Å². The minimum absolute atomic E-state index is 0.169. The van der Waals surface area contributed by atoms with Crippen LogP contribution in [-0.4, -0.2) is 32.3 Å². The Balaban J connectivity index is 1.84. The Morgan fingerprint density at radius 1 is 1.38 bits per heavy atom. The Kier molecular flexibility index (Phi) is 8.15. The number of ether oxygens (including phenoxy) is 2. The van der Waals surface area contributed by atoms with E-state index in [0.717, 1.165) is 25.0 Å². The second-order valence-electron chi connectivity index (χ2n) is 5.96. The number of halogens is 1. The van der Waals surface area contributed by atoms with Gasteiger partial charge in [-0.05, 0) is 49.8 Å². The van der Waals surface area contributed by atoms with Gasteiger partial charge in [0.15, 0.2) is 0 Å². The maximum absolute atomic E-state index is 13.1. The summed E-state index contributed by atoms with van der Waals surface area (Å²) in [6.07, 6.45) is 4.84. The Morgan fingerprint density at radius 2 is 2.17 bits per heavy atom. The van der Waals surface area contributed by atoms with Crippen LogP contribution in [0, 0.1) is 5.82 Å². The molecule has 1 aliphatic rings. The average molecular weight is 339 g/mol. The van der Waals surface area contributed by atoms with Crippen molar-refractivity contribution in [3.05, 3.63) is 35.6 Å². The number of nitrogens with one attached hydrogen (secondary N) is 1. The van der Waals surface area contributed by atoms with Gasteiger partial charge in [0.1, 0.15) is 11.9 Å². The SMILES string of the molecule is COC(=O)CCC[C@H](ONCC1CCCCO1)c1ccc(F)cc1. The van der Waals surface area contributed by atoms with Gasteiger partial charge in [-0.25, -0.2) is 4.39 Å². The summed E-state index contributed by atoms with van der Waals surface area (Å²) in [5, 5.41) is 0.